The number of nitrogens with one attached hydrogen (secondary N) is 1. The highest BCUT2D eigenvalue weighted by Crippen LogP contribution is 2.43. The van der Waals surface area contributed by atoms with Crippen LogP contribution < -0.4 is 15.1 Å². The normalized spacial score (nSPS) is 23.2. The van der Waals surface area contributed by atoms with E-state index in [4.69, 9.17) is 28.8 Å². The highest BCUT2D eigenvalue weighted by atomic mass is 35.5. The zero-order chi connectivity index (χ0) is 26.9. The van der Waals surface area contributed by atoms with E-state index in [0.717, 1.165) is 46.4 Å². The molecule has 6 nitrogen and oxygen atoms in total. The van der Waals surface area contributed by atoms with E-state index < -0.39 is 0 Å². The standard InChI is InChI=1S/C31H33ClN6S/c1-21-15-22(2)19-37(18-21)27-11-10-24(16-25(27)32)38-30(29(35-31(38)39)26-8-3-4-13-34-26)28-9-6-14-36(28)20-23-7-5-12-33-17-23/h3-14,16-17,21-22,29-30H,15,18-20H2,1-2H3,(H,35,39)/t21-,22+,29-,30+/m0/s1. The van der Waals surface area contributed by atoms with E-state index in [1.807, 2.05) is 30.6 Å². The average molecular weight is 557 g/mol. The van der Waals surface area contributed by atoms with E-state index in [2.05, 4.69) is 87.2 Å². The molecule has 8 heteroatoms. The maximum absolute atomic E-state index is 6.99. The Morgan fingerprint density at radius 3 is 2.56 bits per heavy atom. The van der Waals surface area contributed by atoms with Crippen molar-refractivity contribution in [2.45, 2.75) is 38.9 Å². The summed E-state index contributed by atoms with van der Waals surface area (Å²) in [5.41, 5.74) is 5.29. The van der Waals surface area contributed by atoms with Gasteiger partial charge in [-0.15, -0.1) is 0 Å². The van der Waals surface area contributed by atoms with Crippen molar-refractivity contribution in [3.8, 4) is 0 Å². The molecule has 1 aromatic carbocycles. The molecule has 5 heterocycles. The molecule has 0 spiro atoms. The van der Waals surface area contributed by atoms with Gasteiger partial charge in [0, 0.05) is 55.8 Å². The van der Waals surface area contributed by atoms with Crippen molar-refractivity contribution in [3.05, 3.63) is 107 Å². The van der Waals surface area contributed by atoms with Gasteiger partial charge >= 0.3 is 0 Å². The van der Waals surface area contributed by atoms with E-state index >= 15 is 0 Å². The molecule has 2 saturated heterocycles. The number of pyridine rings is 2. The van der Waals surface area contributed by atoms with Gasteiger partial charge in [-0.1, -0.05) is 37.6 Å². The van der Waals surface area contributed by atoms with Gasteiger partial charge < -0.3 is 19.7 Å². The fourth-order valence-electron chi connectivity index (χ4n) is 6.22. The molecule has 2 aliphatic rings. The lowest BCUT2D eigenvalue weighted by atomic mass is 9.91. The summed E-state index contributed by atoms with van der Waals surface area (Å²) in [7, 11) is 0. The number of piperidine rings is 1. The number of rotatable bonds is 6. The first-order chi connectivity index (χ1) is 19.0. The largest absolute Gasteiger partial charge is 0.370 e. The quantitative estimate of drug-likeness (QED) is 0.269. The van der Waals surface area contributed by atoms with Gasteiger partial charge in [0.1, 0.15) is 6.04 Å². The summed E-state index contributed by atoms with van der Waals surface area (Å²) >= 11 is 13.0. The first kappa shape index (κ1) is 25.8. The van der Waals surface area contributed by atoms with Gasteiger partial charge in [-0.25, -0.2) is 0 Å². The van der Waals surface area contributed by atoms with Crippen molar-refractivity contribution >= 4 is 40.3 Å². The molecule has 4 atom stereocenters. The predicted octanol–water partition coefficient (Wildman–Crippen LogP) is 6.64. The molecule has 3 aromatic heterocycles. The number of aromatic nitrogens is 3. The van der Waals surface area contributed by atoms with Crippen LogP contribution in [0.2, 0.25) is 5.02 Å². The Morgan fingerprint density at radius 2 is 1.85 bits per heavy atom. The number of thiocarbonyl (C=S) groups is 1. The molecule has 0 unspecified atom stereocenters. The van der Waals surface area contributed by atoms with Gasteiger partial charge in [0.25, 0.3) is 0 Å². The van der Waals surface area contributed by atoms with Gasteiger partial charge in [0.2, 0.25) is 0 Å². The van der Waals surface area contributed by atoms with Gasteiger partial charge in [0.15, 0.2) is 5.11 Å². The van der Waals surface area contributed by atoms with Crippen LogP contribution in [0.15, 0.2) is 85.5 Å². The van der Waals surface area contributed by atoms with Gasteiger partial charge in [-0.3, -0.25) is 9.97 Å². The van der Waals surface area contributed by atoms with E-state index in [1.165, 1.54) is 6.42 Å². The zero-order valence-corrected chi connectivity index (χ0v) is 23.8. The maximum Gasteiger partial charge on any atom is 0.174 e. The number of anilines is 2. The molecule has 0 bridgehead atoms. The Balaban J connectivity index is 1.39. The Kier molecular flexibility index (Phi) is 7.28. The van der Waals surface area contributed by atoms with Crippen molar-refractivity contribution in [3.63, 3.8) is 0 Å². The first-order valence-electron chi connectivity index (χ1n) is 13.6. The summed E-state index contributed by atoms with van der Waals surface area (Å²) in [5, 5.41) is 4.99. The predicted molar refractivity (Wildman–Crippen MR) is 162 cm³/mol. The molecule has 39 heavy (non-hydrogen) atoms. The van der Waals surface area contributed by atoms with Gasteiger partial charge in [-0.05, 0) is 84.6 Å². The van der Waals surface area contributed by atoms with Crippen LogP contribution in [0.1, 0.15) is 49.3 Å². The number of hydrogen-bond donors (Lipinski definition) is 1. The third-order valence-corrected chi connectivity index (χ3v) is 8.38. The lowest BCUT2D eigenvalue weighted by molar-refractivity contribution is 0.357. The first-order valence-corrected chi connectivity index (χ1v) is 14.4. The van der Waals surface area contributed by atoms with Crippen LogP contribution in [-0.4, -0.2) is 32.7 Å². The molecule has 6 rings (SSSR count). The molecule has 0 amide bonds. The minimum absolute atomic E-state index is 0.115. The fraction of sp³-hybridized carbons (Fsp3) is 0.323. The summed E-state index contributed by atoms with van der Waals surface area (Å²) in [6, 6.07) is 20.5. The molecular formula is C31H33ClN6S. The van der Waals surface area contributed by atoms with E-state index in [0.29, 0.717) is 23.5 Å². The topological polar surface area (TPSA) is 49.2 Å². The zero-order valence-electron chi connectivity index (χ0n) is 22.2. The molecule has 200 valence electrons. The molecule has 1 N–H and O–H groups in total. The van der Waals surface area contributed by atoms with E-state index in [-0.39, 0.29) is 12.1 Å². The number of hydrogen-bond acceptors (Lipinski definition) is 4. The van der Waals surface area contributed by atoms with Crippen LogP contribution in [0.4, 0.5) is 11.4 Å². The van der Waals surface area contributed by atoms with E-state index in [9.17, 15) is 0 Å². The fourth-order valence-corrected chi connectivity index (χ4v) is 6.86. The van der Waals surface area contributed by atoms with Crippen molar-refractivity contribution in [2.75, 3.05) is 22.9 Å². The average Bonchev–Trinajstić information content (AvgIpc) is 3.52. The summed E-state index contributed by atoms with van der Waals surface area (Å²) in [6.07, 6.45) is 8.93. The molecule has 4 aromatic rings. The summed E-state index contributed by atoms with van der Waals surface area (Å²) in [5.74, 6) is 1.30. The number of nitrogens with zero attached hydrogens (tertiary/aromatic N) is 5. The number of halogens is 1. The van der Waals surface area contributed by atoms with Crippen LogP contribution >= 0.6 is 23.8 Å². The second-order valence-electron chi connectivity index (χ2n) is 10.9. The van der Waals surface area contributed by atoms with Crippen LogP contribution in [-0.2, 0) is 6.54 Å². The third-order valence-electron chi connectivity index (χ3n) is 7.76. The SMILES string of the molecule is C[C@@H]1C[C@H](C)CN(c2ccc(N3C(=S)N[C@@H](c4ccccn4)[C@H]3c3cccn3Cc3cccnc3)cc2Cl)C1. The van der Waals surface area contributed by atoms with Crippen molar-refractivity contribution in [1.82, 2.24) is 19.9 Å². The maximum atomic E-state index is 6.99. The van der Waals surface area contributed by atoms with Crippen molar-refractivity contribution in [1.29, 1.82) is 0 Å². The molecule has 0 saturated carbocycles. The minimum Gasteiger partial charge on any atom is -0.370 e. The summed E-state index contributed by atoms with van der Waals surface area (Å²) < 4.78 is 2.27. The Labute approximate surface area is 240 Å². The van der Waals surface area contributed by atoms with Gasteiger partial charge in [-0.2, -0.15) is 0 Å². The lowest BCUT2D eigenvalue weighted by Gasteiger charge is -2.37. The lowest BCUT2D eigenvalue weighted by Crippen LogP contribution is -2.38. The summed E-state index contributed by atoms with van der Waals surface area (Å²) in [6.45, 7) is 7.41. The van der Waals surface area contributed by atoms with Crippen LogP contribution in [0, 0.1) is 11.8 Å². The molecule has 2 fully saturated rings. The Morgan fingerprint density at radius 1 is 1.00 bits per heavy atom. The van der Waals surface area contributed by atoms with Crippen LogP contribution in [0.5, 0.6) is 0 Å². The second-order valence-corrected chi connectivity index (χ2v) is 11.7. The smallest absolute Gasteiger partial charge is 0.174 e. The molecule has 0 aliphatic carbocycles. The van der Waals surface area contributed by atoms with E-state index in [1.54, 1.807) is 6.20 Å². The monoisotopic (exact) mass is 556 g/mol. The highest BCUT2D eigenvalue weighted by Gasteiger charge is 2.42. The molecular weight excluding hydrogens is 524 g/mol. The third kappa shape index (κ3) is 5.25. The highest BCUT2D eigenvalue weighted by molar-refractivity contribution is 7.80. The van der Waals surface area contributed by atoms with Crippen molar-refractivity contribution in [2.24, 2.45) is 11.8 Å². The molecule has 2 aliphatic heterocycles. The summed E-state index contributed by atoms with van der Waals surface area (Å²) in [4.78, 5) is 13.6. The number of benzene rings is 1. The minimum atomic E-state index is -0.122. The Bertz CT molecular complexity index is 1430. The van der Waals surface area contributed by atoms with Gasteiger partial charge in [0.05, 0.1) is 22.4 Å². The second kappa shape index (κ2) is 11.0. The van der Waals surface area contributed by atoms with Crippen LogP contribution in [0.25, 0.3) is 0 Å². The van der Waals surface area contributed by atoms with Crippen LogP contribution in [0.3, 0.4) is 0 Å². The molecule has 0 radical (unpaired) electrons. The van der Waals surface area contributed by atoms with Crippen molar-refractivity contribution < 1.29 is 0 Å². The Hall–Kier alpha value is -3.42.